The van der Waals surface area contributed by atoms with E-state index < -0.39 is 10.0 Å². The monoisotopic (exact) mass is 311 g/mol. The van der Waals surface area contributed by atoms with Crippen LogP contribution in [0.25, 0.3) is 0 Å². The summed E-state index contributed by atoms with van der Waals surface area (Å²) in [4.78, 5) is 19.1. The molecule has 0 saturated heterocycles. The van der Waals surface area contributed by atoms with E-state index in [-0.39, 0.29) is 22.4 Å². The Hall–Kier alpha value is -1.80. The van der Waals surface area contributed by atoms with Gasteiger partial charge in [0.1, 0.15) is 5.69 Å². The van der Waals surface area contributed by atoms with Gasteiger partial charge in [-0.05, 0) is 12.1 Å². The molecule has 0 saturated carbocycles. The number of carbonyl (C=O) groups is 1. The number of ketones is 1. The Morgan fingerprint density at radius 1 is 1.40 bits per heavy atom. The van der Waals surface area contributed by atoms with Crippen LogP contribution in [0, 0.1) is 0 Å². The minimum Gasteiger partial charge on any atom is -0.293 e. The number of thiazole rings is 1. The molecule has 0 amide bonds. The van der Waals surface area contributed by atoms with Gasteiger partial charge in [-0.1, -0.05) is 6.07 Å². The predicted octanol–water partition coefficient (Wildman–Crippen LogP) is 1.73. The van der Waals surface area contributed by atoms with Gasteiger partial charge in [-0.2, -0.15) is 0 Å². The van der Waals surface area contributed by atoms with Crippen molar-refractivity contribution in [3.8, 4) is 0 Å². The highest BCUT2D eigenvalue weighted by Gasteiger charge is 2.14. The molecule has 0 spiro atoms. The molecule has 0 atom stereocenters. The molecular weight excluding hydrogens is 298 g/mol. The number of anilines is 1. The quantitative estimate of drug-likeness (QED) is 0.821. The number of nitrogens with zero attached hydrogens (tertiary/aromatic N) is 2. The van der Waals surface area contributed by atoms with Crippen LogP contribution in [0.3, 0.4) is 0 Å². The van der Waals surface area contributed by atoms with E-state index in [1.807, 2.05) is 6.07 Å². The summed E-state index contributed by atoms with van der Waals surface area (Å²) in [5.74, 6) is -0.279. The molecule has 0 aliphatic carbocycles. The van der Waals surface area contributed by atoms with Crippen molar-refractivity contribution in [2.24, 2.45) is 0 Å². The lowest BCUT2D eigenvalue weighted by Crippen LogP contribution is -2.18. The summed E-state index contributed by atoms with van der Waals surface area (Å²) in [6, 6.07) is 5.35. The second-order valence-corrected chi connectivity index (χ2v) is 6.79. The Labute approximate surface area is 121 Å². The molecule has 0 fully saturated rings. The number of hydrogen-bond donors (Lipinski definition) is 1. The van der Waals surface area contributed by atoms with Crippen LogP contribution < -0.4 is 4.72 Å². The smallest absolute Gasteiger partial charge is 0.234 e. The molecule has 2 heterocycles. The zero-order valence-electron chi connectivity index (χ0n) is 10.7. The number of Topliss-reactive ketones (excluding diaryl/α,β-unsaturated/α-hetero) is 1. The molecule has 0 aliphatic rings. The topological polar surface area (TPSA) is 89.0 Å². The third-order valence-corrected chi connectivity index (χ3v) is 4.59. The van der Waals surface area contributed by atoms with Crippen LogP contribution in [-0.4, -0.2) is 29.9 Å². The zero-order valence-corrected chi connectivity index (χ0v) is 12.4. The maximum atomic E-state index is 11.9. The first-order chi connectivity index (χ1) is 9.46. The molecule has 0 unspecified atom stereocenters. The molecule has 0 bridgehead atoms. The highest BCUT2D eigenvalue weighted by atomic mass is 32.2. The van der Waals surface area contributed by atoms with Crippen molar-refractivity contribution in [2.45, 2.75) is 13.3 Å². The Morgan fingerprint density at radius 3 is 2.80 bits per heavy atom. The van der Waals surface area contributed by atoms with Crippen molar-refractivity contribution in [3.63, 3.8) is 0 Å². The second kappa shape index (κ2) is 6.10. The second-order valence-electron chi connectivity index (χ2n) is 4.09. The fraction of sp³-hybridized carbons (Fsp3) is 0.250. The summed E-state index contributed by atoms with van der Waals surface area (Å²) in [5, 5.41) is 1.73. The predicted molar refractivity (Wildman–Crippen MR) is 77.5 cm³/mol. The van der Waals surface area contributed by atoms with Gasteiger partial charge in [0.15, 0.2) is 10.9 Å². The lowest BCUT2D eigenvalue weighted by molar-refractivity contribution is 0.101. The molecule has 20 heavy (non-hydrogen) atoms. The lowest BCUT2D eigenvalue weighted by Gasteiger charge is -2.04. The lowest BCUT2D eigenvalue weighted by atomic mass is 10.3. The Bertz CT molecular complexity index is 696. The first-order valence-electron chi connectivity index (χ1n) is 5.83. The summed E-state index contributed by atoms with van der Waals surface area (Å²) in [6.45, 7) is 1.38. The van der Waals surface area contributed by atoms with Gasteiger partial charge < -0.3 is 0 Å². The van der Waals surface area contributed by atoms with E-state index in [2.05, 4.69) is 14.7 Å². The van der Waals surface area contributed by atoms with Gasteiger partial charge in [0, 0.05) is 30.6 Å². The van der Waals surface area contributed by atoms with Gasteiger partial charge in [-0.3, -0.25) is 14.5 Å². The SMILES string of the molecule is CC(=O)c1csc(NS(=O)(=O)CCc2ccccn2)n1. The van der Waals surface area contributed by atoms with Crippen LogP contribution in [0.4, 0.5) is 5.13 Å². The van der Waals surface area contributed by atoms with Crippen LogP contribution in [-0.2, 0) is 16.4 Å². The Morgan fingerprint density at radius 2 is 2.20 bits per heavy atom. The fourth-order valence-electron chi connectivity index (χ4n) is 1.45. The number of carbonyl (C=O) groups excluding carboxylic acids is 1. The van der Waals surface area contributed by atoms with Crippen molar-refractivity contribution in [2.75, 3.05) is 10.5 Å². The summed E-state index contributed by atoms with van der Waals surface area (Å²) in [5.41, 5.74) is 0.971. The number of hydrogen-bond acceptors (Lipinski definition) is 6. The van der Waals surface area contributed by atoms with E-state index in [4.69, 9.17) is 0 Å². The molecule has 2 aromatic rings. The average molecular weight is 311 g/mol. The normalized spacial score (nSPS) is 11.2. The highest BCUT2D eigenvalue weighted by molar-refractivity contribution is 7.92. The maximum Gasteiger partial charge on any atom is 0.234 e. The third-order valence-electron chi connectivity index (χ3n) is 2.46. The number of nitrogens with one attached hydrogen (secondary N) is 1. The molecule has 0 radical (unpaired) electrons. The third kappa shape index (κ3) is 4.10. The molecule has 106 valence electrons. The molecular formula is C12H13N3O3S2. The molecule has 8 heteroatoms. The Balaban J connectivity index is 1.98. The van der Waals surface area contributed by atoms with Gasteiger partial charge in [0.05, 0.1) is 5.75 Å². The molecule has 0 aromatic carbocycles. The number of aromatic nitrogens is 2. The van der Waals surface area contributed by atoms with Crippen LogP contribution >= 0.6 is 11.3 Å². The van der Waals surface area contributed by atoms with Crippen molar-refractivity contribution in [3.05, 3.63) is 41.2 Å². The molecule has 0 aliphatic heterocycles. The number of pyridine rings is 1. The minimum atomic E-state index is -3.50. The van der Waals surface area contributed by atoms with Gasteiger partial charge in [0.2, 0.25) is 10.0 Å². The highest BCUT2D eigenvalue weighted by Crippen LogP contribution is 2.17. The van der Waals surface area contributed by atoms with Gasteiger partial charge in [-0.15, -0.1) is 11.3 Å². The summed E-state index contributed by atoms with van der Waals surface area (Å²) in [6.07, 6.45) is 1.94. The maximum absolute atomic E-state index is 11.9. The van der Waals surface area contributed by atoms with Crippen molar-refractivity contribution >= 4 is 32.3 Å². The fourth-order valence-corrected chi connectivity index (χ4v) is 3.51. The average Bonchev–Trinajstić information content (AvgIpc) is 2.86. The van der Waals surface area contributed by atoms with E-state index in [1.54, 1.807) is 18.3 Å². The summed E-state index contributed by atoms with van der Waals surface area (Å²) < 4.78 is 26.2. The summed E-state index contributed by atoms with van der Waals surface area (Å²) >= 11 is 1.09. The molecule has 2 aromatic heterocycles. The summed E-state index contributed by atoms with van der Waals surface area (Å²) in [7, 11) is -3.50. The van der Waals surface area contributed by atoms with E-state index in [1.165, 1.54) is 12.3 Å². The molecule has 1 N–H and O–H groups in total. The van der Waals surface area contributed by atoms with Crippen molar-refractivity contribution in [1.82, 2.24) is 9.97 Å². The minimum absolute atomic E-state index is 0.0843. The zero-order chi connectivity index (χ0) is 14.6. The van der Waals surface area contributed by atoms with Crippen molar-refractivity contribution in [1.29, 1.82) is 0 Å². The van der Waals surface area contributed by atoms with E-state index in [9.17, 15) is 13.2 Å². The van der Waals surface area contributed by atoms with E-state index in [0.29, 0.717) is 12.1 Å². The standard InChI is InChI=1S/C12H13N3O3S2/c1-9(16)11-8-19-12(14-11)15-20(17,18)7-5-10-4-2-3-6-13-10/h2-4,6,8H,5,7H2,1H3,(H,14,15). The first-order valence-corrected chi connectivity index (χ1v) is 8.36. The van der Waals surface area contributed by atoms with Crippen LogP contribution in [0.2, 0.25) is 0 Å². The van der Waals surface area contributed by atoms with Gasteiger partial charge in [0.25, 0.3) is 0 Å². The van der Waals surface area contributed by atoms with E-state index >= 15 is 0 Å². The van der Waals surface area contributed by atoms with Gasteiger partial charge >= 0.3 is 0 Å². The van der Waals surface area contributed by atoms with Crippen LogP contribution in [0.5, 0.6) is 0 Å². The number of sulfonamides is 1. The first kappa shape index (κ1) is 14.6. The van der Waals surface area contributed by atoms with Crippen LogP contribution in [0.1, 0.15) is 23.1 Å². The Kier molecular flexibility index (Phi) is 4.46. The number of aryl methyl sites for hydroxylation is 1. The van der Waals surface area contributed by atoms with Crippen molar-refractivity contribution < 1.29 is 13.2 Å². The molecule has 2 rings (SSSR count). The number of rotatable bonds is 6. The van der Waals surface area contributed by atoms with Gasteiger partial charge in [-0.25, -0.2) is 13.4 Å². The largest absolute Gasteiger partial charge is 0.293 e. The van der Waals surface area contributed by atoms with E-state index in [0.717, 1.165) is 11.3 Å². The van der Waals surface area contributed by atoms with Crippen LogP contribution in [0.15, 0.2) is 29.8 Å². The molecule has 6 nitrogen and oxygen atoms in total.